The molecule has 1 rings (SSSR count). The van der Waals surface area contributed by atoms with Crippen molar-refractivity contribution in [2.75, 3.05) is 0 Å². The van der Waals surface area contributed by atoms with Gasteiger partial charge in [-0.05, 0) is 24.8 Å². The van der Waals surface area contributed by atoms with E-state index in [-0.39, 0.29) is 0 Å². The maximum absolute atomic E-state index is 10.4. The fraction of sp³-hybridized carbons (Fsp3) is 0.667. The Labute approximate surface area is 142 Å². The quantitative estimate of drug-likeness (QED) is 0.381. The summed E-state index contributed by atoms with van der Waals surface area (Å²) in [5, 5.41) is 8.55. The van der Waals surface area contributed by atoms with Crippen LogP contribution in [0, 0.1) is 0 Å². The Morgan fingerprint density at radius 3 is 1.57 bits per heavy atom. The van der Waals surface area contributed by atoms with Gasteiger partial charge < -0.3 is 5.11 Å². The zero-order valence-electron chi connectivity index (χ0n) is 14.6. The fourth-order valence-electron chi connectivity index (χ4n) is 3.02. The lowest BCUT2D eigenvalue weighted by Gasteiger charge is -2.03. The van der Waals surface area contributed by atoms with Crippen LogP contribution in [0.2, 0.25) is 0 Å². The molecule has 0 heterocycles. The third-order valence-corrected chi connectivity index (χ3v) is 4.45. The van der Waals surface area contributed by atoms with E-state index < -0.39 is 5.97 Å². The Morgan fingerprint density at radius 2 is 1.09 bits per heavy atom. The fourth-order valence-corrected chi connectivity index (χ4v) is 3.02. The molecule has 0 saturated heterocycles. The summed E-state index contributed by atoms with van der Waals surface area (Å²) >= 11 is 0. The molecule has 0 fully saturated rings. The first-order chi connectivity index (χ1) is 11.3. The first-order valence-corrected chi connectivity index (χ1v) is 9.55. The molecule has 0 aliphatic rings. The highest BCUT2D eigenvalue weighted by Crippen LogP contribution is 2.13. The molecule has 1 aromatic rings. The van der Waals surface area contributed by atoms with Crippen molar-refractivity contribution in [2.45, 2.75) is 89.9 Å². The van der Waals surface area contributed by atoms with Crippen LogP contribution in [0.5, 0.6) is 0 Å². The molecular formula is C21H34O2. The molecule has 0 amide bonds. The van der Waals surface area contributed by atoms with E-state index in [1.807, 2.05) is 0 Å². The predicted octanol–water partition coefficient (Wildman–Crippen LogP) is 6.39. The number of carboxylic acid groups (broad SMARTS) is 1. The number of unbranched alkanes of at least 4 members (excludes halogenated alkanes) is 11. The van der Waals surface area contributed by atoms with Crippen LogP contribution in [0.3, 0.4) is 0 Å². The average Bonchev–Trinajstić information content (AvgIpc) is 2.56. The molecule has 2 heteroatoms. The van der Waals surface area contributed by atoms with Crippen molar-refractivity contribution in [1.82, 2.24) is 0 Å². The predicted molar refractivity (Wildman–Crippen MR) is 97.8 cm³/mol. The molecule has 0 atom stereocenters. The average molecular weight is 319 g/mol. The minimum absolute atomic E-state index is 0.338. The van der Waals surface area contributed by atoms with Gasteiger partial charge >= 0.3 is 5.97 Å². The molecule has 0 bridgehead atoms. The van der Waals surface area contributed by atoms with Crippen molar-refractivity contribution < 1.29 is 9.90 Å². The van der Waals surface area contributed by atoms with Crippen LogP contribution in [0.1, 0.15) is 89.0 Å². The number of carbonyl (C=O) groups is 1. The molecule has 0 spiro atoms. The lowest BCUT2D eigenvalue weighted by atomic mass is 10.0. The summed E-state index contributed by atoms with van der Waals surface area (Å²) < 4.78 is 0. The normalized spacial score (nSPS) is 10.8. The summed E-state index contributed by atoms with van der Waals surface area (Å²) in [6.45, 7) is 0. The molecule has 0 aliphatic carbocycles. The van der Waals surface area contributed by atoms with Crippen LogP contribution >= 0.6 is 0 Å². The van der Waals surface area contributed by atoms with Gasteiger partial charge in [0.1, 0.15) is 0 Å². The van der Waals surface area contributed by atoms with Gasteiger partial charge in [-0.1, -0.05) is 94.5 Å². The van der Waals surface area contributed by atoms with Crippen molar-refractivity contribution in [1.29, 1.82) is 0 Å². The van der Waals surface area contributed by atoms with Gasteiger partial charge in [0.2, 0.25) is 0 Å². The van der Waals surface area contributed by atoms with E-state index in [4.69, 9.17) is 5.11 Å². The van der Waals surface area contributed by atoms with Crippen molar-refractivity contribution in [3.05, 3.63) is 35.9 Å². The third-order valence-electron chi connectivity index (χ3n) is 4.45. The van der Waals surface area contributed by atoms with E-state index >= 15 is 0 Å². The van der Waals surface area contributed by atoms with E-state index in [9.17, 15) is 4.79 Å². The van der Waals surface area contributed by atoms with Crippen LogP contribution in [-0.2, 0) is 11.2 Å². The molecule has 2 nitrogen and oxygen atoms in total. The molecule has 0 unspecified atom stereocenters. The van der Waals surface area contributed by atoms with Crippen molar-refractivity contribution >= 4 is 5.97 Å². The van der Waals surface area contributed by atoms with Gasteiger partial charge in [0, 0.05) is 6.42 Å². The lowest BCUT2D eigenvalue weighted by molar-refractivity contribution is -0.137. The van der Waals surface area contributed by atoms with Crippen LogP contribution < -0.4 is 0 Å². The molecule has 0 aromatic heterocycles. The topological polar surface area (TPSA) is 37.3 Å². The van der Waals surface area contributed by atoms with E-state index in [0.717, 1.165) is 12.8 Å². The lowest BCUT2D eigenvalue weighted by Crippen LogP contribution is -1.93. The Hall–Kier alpha value is -1.31. The molecular weight excluding hydrogens is 284 g/mol. The highest BCUT2D eigenvalue weighted by Gasteiger charge is 1.97. The highest BCUT2D eigenvalue weighted by atomic mass is 16.4. The zero-order chi connectivity index (χ0) is 16.6. The van der Waals surface area contributed by atoms with Gasteiger partial charge in [-0.2, -0.15) is 0 Å². The Balaban J connectivity index is 1.74. The van der Waals surface area contributed by atoms with E-state index in [2.05, 4.69) is 30.3 Å². The van der Waals surface area contributed by atoms with Gasteiger partial charge in [-0.25, -0.2) is 0 Å². The number of hydrogen-bond donors (Lipinski definition) is 1. The summed E-state index contributed by atoms with van der Waals surface area (Å²) in [6, 6.07) is 10.8. The minimum atomic E-state index is -0.659. The zero-order valence-corrected chi connectivity index (χ0v) is 14.6. The minimum Gasteiger partial charge on any atom is -0.481 e. The van der Waals surface area contributed by atoms with Gasteiger partial charge in [0.25, 0.3) is 0 Å². The van der Waals surface area contributed by atoms with Gasteiger partial charge in [-0.3, -0.25) is 4.79 Å². The SMILES string of the molecule is O=C(O)CCCCCCCCCCCCCCc1ccccc1. The van der Waals surface area contributed by atoms with Crippen LogP contribution in [0.25, 0.3) is 0 Å². The van der Waals surface area contributed by atoms with Crippen LogP contribution in [0.4, 0.5) is 0 Å². The standard InChI is InChI=1S/C21H34O2/c22-21(23)19-15-10-8-6-4-2-1-3-5-7-9-12-16-20-17-13-11-14-18-20/h11,13-14,17-18H,1-10,12,15-16,19H2,(H,22,23). The van der Waals surface area contributed by atoms with Gasteiger partial charge in [0.15, 0.2) is 0 Å². The van der Waals surface area contributed by atoms with E-state index in [1.54, 1.807) is 0 Å². The largest absolute Gasteiger partial charge is 0.481 e. The van der Waals surface area contributed by atoms with Crippen LogP contribution in [-0.4, -0.2) is 11.1 Å². The third kappa shape index (κ3) is 12.9. The molecule has 23 heavy (non-hydrogen) atoms. The molecule has 0 radical (unpaired) electrons. The summed E-state index contributed by atoms with van der Waals surface area (Å²) in [4.78, 5) is 10.4. The van der Waals surface area contributed by atoms with Crippen LogP contribution in [0.15, 0.2) is 30.3 Å². The summed E-state index contributed by atoms with van der Waals surface area (Å²) in [7, 11) is 0. The molecule has 0 aliphatic heterocycles. The highest BCUT2D eigenvalue weighted by molar-refractivity contribution is 5.66. The molecule has 130 valence electrons. The Bertz CT molecular complexity index is 386. The summed E-state index contributed by atoms with van der Waals surface area (Å²) in [5.41, 5.74) is 1.47. The monoisotopic (exact) mass is 318 g/mol. The number of aryl methyl sites for hydroxylation is 1. The molecule has 1 aromatic carbocycles. The van der Waals surface area contributed by atoms with E-state index in [0.29, 0.717) is 6.42 Å². The number of aliphatic carboxylic acids is 1. The first-order valence-electron chi connectivity index (χ1n) is 9.55. The van der Waals surface area contributed by atoms with Gasteiger partial charge in [-0.15, -0.1) is 0 Å². The van der Waals surface area contributed by atoms with Crippen molar-refractivity contribution in [2.24, 2.45) is 0 Å². The maximum Gasteiger partial charge on any atom is 0.303 e. The second-order valence-electron chi connectivity index (χ2n) is 6.62. The smallest absolute Gasteiger partial charge is 0.303 e. The Morgan fingerprint density at radius 1 is 0.652 bits per heavy atom. The number of hydrogen-bond acceptors (Lipinski definition) is 1. The number of benzene rings is 1. The second kappa shape index (κ2) is 14.3. The molecule has 1 N–H and O–H groups in total. The van der Waals surface area contributed by atoms with Crippen molar-refractivity contribution in [3.8, 4) is 0 Å². The van der Waals surface area contributed by atoms with Gasteiger partial charge in [0.05, 0.1) is 0 Å². The summed E-state index contributed by atoms with van der Waals surface area (Å²) in [5.74, 6) is -0.659. The first kappa shape index (κ1) is 19.7. The van der Waals surface area contributed by atoms with Crippen molar-refractivity contribution in [3.63, 3.8) is 0 Å². The maximum atomic E-state index is 10.4. The second-order valence-corrected chi connectivity index (χ2v) is 6.62. The Kier molecular flexibility index (Phi) is 12.3. The number of rotatable bonds is 15. The van der Waals surface area contributed by atoms with E-state index in [1.165, 1.54) is 76.2 Å². The number of carboxylic acids is 1. The summed E-state index contributed by atoms with van der Waals surface area (Å²) in [6.07, 6.45) is 16.8. The molecule has 0 saturated carbocycles.